The molecule has 2 atom stereocenters. The number of hydrogen-bond donors (Lipinski definition) is 0. The first-order chi connectivity index (χ1) is 6.59. The van der Waals surface area contributed by atoms with Crippen LogP contribution in [0.1, 0.15) is 28.4 Å². The fraction of sp³-hybridized carbons (Fsp3) is 0.417. The Kier molecular flexibility index (Phi) is 2.14. The lowest BCUT2D eigenvalue weighted by Crippen LogP contribution is -2.31. The van der Waals surface area contributed by atoms with Crippen LogP contribution in [0.25, 0.3) is 0 Å². The molecule has 0 bridgehead atoms. The molecule has 0 amide bonds. The number of benzene rings is 1. The summed E-state index contributed by atoms with van der Waals surface area (Å²) in [6.45, 7) is 3.70. The van der Waals surface area contributed by atoms with Crippen LogP contribution >= 0.6 is 0 Å². The van der Waals surface area contributed by atoms with Gasteiger partial charge < -0.3 is 0 Å². The van der Waals surface area contributed by atoms with Gasteiger partial charge in [0, 0.05) is 5.56 Å². The molecule has 1 aromatic carbocycles. The molecule has 1 aliphatic carbocycles. The van der Waals surface area contributed by atoms with Gasteiger partial charge in [-0.1, -0.05) is 24.6 Å². The first kappa shape index (κ1) is 9.38. The van der Waals surface area contributed by atoms with Crippen LogP contribution in [0.3, 0.4) is 0 Å². The maximum absolute atomic E-state index is 13.4. The lowest BCUT2D eigenvalue weighted by Gasteiger charge is -2.24. The van der Waals surface area contributed by atoms with Crippen molar-refractivity contribution in [3.63, 3.8) is 0 Å². The highest BCUT2D eigenvalue weighted by atomic mass is 19.1. The van der Waals surface area contributed by atoms with Gasteiger partial charge in [-0.2, -0.15) is 0 Å². The highest BCUT2D eigenvalue weighted by molar-refractivity contribution is 6.02. The summed E-state index contributed by atoms with van der Waals surface area (Å²) < 4.78 is 13.4. The number of Topliss-reactive ketones (excluding diaryl/α,β-unsaturated/α-hetero) is 1. The molecule has 1 aromatic rings. The van der Waals surface area contributed by atoms with Crippen LogP contribution in [0.2, 0.25) is 0 Å². The van der Waals surface area contributed by atoms with Crippen molar-refractivity contribution in [1.29, 1.82) is 0 Å². The first-order valence-electron chi connectivity index (χ1n) is 4.87. The topological polar surface area (TPSA) is 17.1 Å². The third kappa shape index (κ3) is 1.35. The molecule has 2 unspecified atom stereocenters. The van der Waals surface area contributed by atoms with Crippen LogP contribution in [0.5, 0.6) is 0 Å². The van der Waals surface area contributed by atoms with Crippen LogP contribution in [-0.2, 0) is 6.42 Å². The molecule has 1 nitrogen and oxygen atoms in total. The molecule has 0 spiro atoms. The third-order valence-corrected chi connectivity index (χ3v) is 2.82. The second-order valence-corrected chi connectivity index (χ2v) is 4.11. The van der Waals surface area contributed by atoms with Crippen molar-refractivity contribution in [3.8, 4) is 0 Å². The summed E-state index contributed by atoms with van der Waals surface area (Å²) in [4.78, 5) is 11.6. The Bertz CT molecular complexity index is 384. The van der Waals surface area contributed by atoms with Gasteiger partial charge in [0.05, 0.1) is 0 Å². The van der Waals surface area contributed by atoms with Gasteiger partial charge in [-0.05, 0) is 30.9 Å². The maximum Gasteiger partial charge on any atom is 0.197 e. The van der Waals surface area contributed by atoms with E-state index in [2.05, 4.69) is 0 Å². The van der Waals surface area contributed by atoms with Crippen molar-refractivity contribution in [2.45, 2.75) is 26.4 Å². The zero-order chi connectivity index (χ0) is 10.3. The number of rotatable bonds is 0. The van der Waals surface area contributed by atoms with E-state index < -0.39 is 6.17 Å². The monoisotopic (exact) mass is 192 g/mol. The minimum absolute atomic E-state index is 0.183. The molecule has 74 valence electrons. The Hall–Kier alpha value is -1.18. The second-order valence-electron chi connectivity index (χ2n) is 4.11. The van der Waals surface area contributed by atoms with Crippen LogP contribution < -0.4 is 0 Å². The molecule has 0 saturated carbocycles. The standard InChI is InChI=1S/C12H13FO/c1-7-3-4-9-6-8(2)11(13)12(14)10(9)5-7/h3-5,8,11H,6H2,1-2H3. The highest BCUT2D eigenvalue weighted by Gasteiger charge is 2.32. The van der Waals surface area contributed by atoms with Crippen molar-refractivity contribution in [2.24, 2.45) is 5.92 Å². The van der Waals surface area contributed by atoms with Crippen molar-refractivity contribution >= 4 is 5.78 Å². The fourth-order valence-electron chi connectivity index (χ4n) is 1.95. The van der Waals surface area contributed by atoms with Crippen molar-refractivity contribution < 1.29 is 9.18 Å². The zero-order valence-electron chi connectivity index (χ0n) is 8.38. The van der Waals surface area contributed by atoms with Crippen LogP contribution in [0.4, 0.5) is 4.39 Å². The Morgan fingerprint density at radius 1 is 1.43 bits per heavy atom. The number of halogens is 1. The summed E-state index contributed by atoms with van der Waals surface area (Å²) in [5, 5.41) is 0. The minimum atomic E-state index is -1.32. The predicted molar refractivity (Wildman–Crippen MR) is 53.3 cm³/mol. The summed E-state index contributed by atoms with van der Waals surface area (Å²) in [6, 6.07) is 5.69. The van der Waals surface area contributed by atoms with Gasteiger partial charge in [-0.25, -0.2) is 4.39 Å². The molecule has 1 aliphatic rings. The summed E-state index contributed by atoms with van der Waals surface area (Å²) in [6.07, 6.45) is -0.646. The number of carbonyl (C=O) groups excluding carboxylic acids is 1. The number of carbonyl (C=O) groups is 1. The number of alkyl halides is 1. The molecule has 2 rings (SSSR count). The summed E-state index contributed by atoms with van der Waals surface area (Å²) in [7, 11) is 0. The van der Waals surface area contributed by atoms with E-state index >= 15 is 0 Å². The average molecular weight is 192 g/mol. The number of hydrogen-bond acceptors (Lipinski definition) is 1. The molecule has 0 radical (unpaired) electrons. The van der Waals surface area contributed by atoms with E-state index in [1.807, 2.05) is 19.1 Å². The average Bonchev–Trinajstić information content (AvgIpc) is 2.16. The fourth-order valence-corrected chi connectivity index (χ4v) is 1.95. The molecular formula is C12H13FO. The lowest BCUT2D eigenvalue weighted by atomic mass is 9.82. The van der Waals surface area contributed by atoms with Gasteiger partial charge in [-0.15, -0.1) is 0 Å². The smallest absolute Gasteiger partial charge is 0.197 e. The predicted octanol–water partition coefficient (Wildman–Crippen LogP) is 2.71. The van der Waals surface area contributed by atoms with Gasteiger partial charge in [0.1, 0.15) is 0 Å². The van der Waals surface area contributed by atoms with Crippen molar-refractivity contribution in [3.05, 3.63) is 34.9 Å². The molecule has 0 fully saturated rings. The van der Waals surface area contributed by atoms with E-state index in [1.165, 1.54) is 0 Å². The number of fused-ring (bicyclic) bond motifs is 1. The number of ketones is 1. The summed E-state index contributed by atoms with van der Waals surface area (Å²) in [5.41, 5.74) is 2.58. The van der Waals surface area contributed by atoms with Crippen LogP contribution in [0.15, 0.2) is 18.2 Å². The zero-order valence-corrected chi connectivity index (χ0v) is 8.38. The quantitative estimate of drug-likeness (QED) is 0.617. The molecular weight excluding hydrogens is 179 g/mol. The summed E-state index contributed by atoms with van der Waals surface area (Å²) in [5.74, 6) is -0.528. The van der Waals surface area contributed by atoms with E-state index in [1.54, 1.807) is 13.0 Å². The van der Waals surface area contributed by atoms with Gasteiger partial charge >= 0.3 is 0 Å². The molecule has 0 N–H and O–H groups in total. The molecule has 2 heteroatoms. The molecule has 14 heavy (non-hydrogen) atoms. The normalized spacial score (nSPS) is 26.1. The third-order valence-electron chi connectivity index (χ3n) is 2.82. The van der Waals surface area contributed by atoms with Crippen LogP contribution in [0, 0.1) is 12.8 Å². The second kappa shape index (κ2) is 3.19. The Morgan fingerprint density at radius 2 is 2.14 bits per heavy atom. The van der Waals surface area contributed by atoms with E-state index in [0.717, 1.165) is 11.1 Å². The van der Waals surface area contributed by atoms with Crippen molar-refractivity contribution in [2.75, 3.05) is 0 Å². The Morgan fingerprint density at radius 3 is 2.86 bits per heavy atom. The molecule has 0 aliphatic heterocycles. The van der Waals surface area contributed by atoms with E-state index in [4.69, 9.17) is 0 Å². The van der Waals surface area contributed by atoms with Gasteiger partial charge in [0.25, 0.3) is 0 Å². The van der Waals surface area contributed by atoms with Gasteiger partial charge in [-0.3, -0.25) is 4.79 Å². The molecule has 0 aromatic heterocycles. The van der Waals surface area contributed by atoms with Crippen LogP contribution in [-0.4, -0.2) is 12.0 Å². The van der Waals surface area contributed by atoms with Gasteiger partial charge in [0.15, 0.2) is 12.0 Å². The maximum atomic E-state index is 13.4. The SMILES string of the molecule is Cc1ccc2c(c1)C(=O)C(F)C(C)C2. The Labute approximate surface area is 82.9 Å². The highest BCUT2D eigenvalue weighted by Crippen LogP contribution is 2.28. The van der Waals surface area contributed by atoms with E-state index in [9.17, 15) is 9.18 Å². The minimum Gasteiger partial charge on any atom is -0.291 e. The lowest BCUT2D eigenvalue weighted by molar-refractivity contribution is 0.0799. The molecule has 0 saturated heterocycles. The molecule has 0 heterocycles. The van der Waals surface area contributed by atoms with E-state index in [-0.39, 0.29) is 11.7 Å². The first-order valence-corrected chi connectivity index (χ1v) is 4.87. The van der Waals surface area contributed by atoms with Gasteiger partial charge in [0.2, 0.25) is 0 Å². The largest absolute Gasteiger partial charge is 0.291 e. The van der Waals surface area contributed by atoms with Crippen molar-refractivity contribution in [1.82, 2.24) is 0 Å². The summed E-state index contributed by atoms with van der Waals surface area (Å²) >= 11 is 0. The number of aryl methyl sites for hydroxylation is 1. The Balaban J connectivity index is 2.51. The van der Waals surface area contributed by atoms with E-state index in [0.29, 0.717) is 12.0 Å².